The van der Waals surface area contributed by atoms with E-state index < -0.39 is 0 Å². The Balaban J connectivity index is 2.07. The monoisotopic (exact) mass is 143 g/mol. The lowest BCUT2D eigenvalue weighted by molar-refractivity contribution is 0.235. The van der Waals surface area contributed by atoms with Gasteiger partial charge in [-0.05, 0) is 12.8 Å². The largest absolute Gasteiger partial charge is 0.269 e. The van der Waals surface area contributed by atoms with E-state index >= 15 is 0 Å². The molecule has 2 N–H and O–H groups in total. The highest BCUT2D eigenvalue weighted by molar-refractivity contribution is 7.41. The Bertz CT molecular complexity index is 102. The molecule has 1 aliphatic heterocycles. The van der Waals surface area contributed by atoms with Crippen molar-refractivity contribution in [2.75, 3.05) is 13.1 Å². The predicted molar refractivity (Wildman–Crippen MR) is 51.8 cm³/mol. The number of piperidine rings is 1. The highest BCUT2D eigenvalue weighted by atomic mass is 15.4. The Morgan fingerprint density at radius 3 is 2.55 bits per heavy atom. The number of nitrogens with two attached hydrogens (primary N) is 1. The Kier molecular flexibility index (Phi) is 4.16. The van der Waals surface area contributed by atoms with E-state index in [4.69, 9.17) is 13.6 Å². The first-order valence-corrected chi connectivity index (χ1v) is 4.04. The van der Waals surface area contributed by atoms with Crippen molar-refractivity contribution in [3.63, 3.8) is 0 Å². The molecule has 0 spiro atoms. The van der Waals surface area contributed by atoms with Crippen LogP contribution in [0.5, 0.6) is 0 Å². The molecular weight excluding hydrogens is 131 g/mol. The van der Waals surface area contributed by atoms with Crippen LogP contribution >= 0.6 is 0 Å². The molecule has 0 bridgehead atoms. The van der Waals surface area contributed by atoms with Gasteiger partial charge < -0.3 is 0 Å². The van der Waals surface area contributed by atoms with Crippen molar-refractivity contribution in [1.82, 2.24) is 5.01 Å². The highest BCUT2D eigenvalue weighted by Crippen LogP contribution is 2.18. The van der Waals surface area contributed by atoms with Gasteiger partial charge in [0.15, 0.2) is 0 Å². The minimum Gasteiger partial charge on any atom is -0.269 e. The molecule has 1 fully saturated rings. The van der Waals surface area contributed by atoms with Gasteiger partial charge in [-0.15, -0.1) is 0 Å². The summed E-state index contributed by atoms with van der Waals surface area (Å²) >= 11 is 0. The van der Waals surface area contributed by atoms with Crippen LogP contribution in [0.25, 0.3) is 0 Å². The molecule has 0 unspecified atom stereocenters. The van der Waals surface area contributed by atoms with Gasteiger partial charge in [-0.3, -0.25) is 5.84 Å². The fourth-order valence-electron chi connectivity index (χ4n) is 1.33. The van der Waals surface area contributed by atoms with Gasteiger partial charge >= 0.3 is 0 Å². The lowest BCUT2D eigenvalue weighted by Gasteiger charge is -2.28. The standard InChI is InChI=1S/C5H11B4N2/c6-8-9-7-5-1-3-11(10)4-2-5/h5H,1-4,10H2. The minimum absolute atomic E-state index is 0.676. The molecule has 1 heterocycles. The molecule has 0 atom stereocenters. The smallest absolute Gasteiger partial charge is 0.0588 e. The first-order chi connectivity index (χ1) is 5.33. The number of nitrogens with zero attached hydrogens (tertiary/aromatic N) is 1. The molecule has 0 aromatic heterocycles. The molecule has 5 radical (unpaired) electrons. The van der Waals surface area contributed by atoms with E-state index in [1.807, 2.05) is 12.1 Å². The normalized spacial score (nSPS) is 21.2. The molecule has 0 saturated carbocycles. The van der Waals surface area contributed by atoms with Crippen LogP contribution in [0, 0.1) is 0 Å². The second kappa shape index (κ2) is 4.94. The highest BCUT2D eigenvalue weighted by Gasteiger charge is 2.15. The number of rotatable bonds is 3. The van der Waals surface area contributed by atoms with E-state index in [0.717, 1.165) is 25.9 Å². The van der Waals surface area contributed by atoms with Gasteiger partial charge in [-0.1, -0.05) is 5.82 Å². The van der Waals surface area contributed by atoms with Crippen molar-refractivity contribution in [3.05, 3.63) is 0 Å². The summed E-state index contributed by atoms with van der Waals surface area (Å²) in [5, 5.41) is 1.87. The minimum atomic E-state index is 0.676. The van der Waals surface area contributed by atoms with Crippen molar-refractivity contribution < 1.29 is 0 Å². The van der Waals surface area contributed by atoms with Crippen molar-refractivity contribution >= 4 is 29.0 Å². The van der Waals surface area contributed by atoms with Crippen molar-refractivity contribution in [3.8, 4) is 0 Å². The number of hydrogen-bond donors (Lipinski definition) is 1. The van der Waals surface area contributed by atoms with Crippen LogP contribution in [-0.4, -0.2) is 47.1 Å². The Morgan fingerprint density at radius 1 is 1.36 bits per heavy atom. The van der Waals surface area contributed by atoms with Crippen LogP contribution in [0.1, 0.15) is 12.8 Å². The molecule has 0 aliphatic carbocycles. The first-order valence-electron chi connectivity index (χ1n) is 4.04. The van der Waals surface area contributed by atoms with Crippen LogP contribution in [0.3, 0.4) is 0 Å². The molecule has 53 valence electrons. The van der Waals surface area contributed by atoms with E-state index in [0.29, 0.717) is 5.82 Å². The summed E-state index contributed by atoms with van der Waals surface area (Å²) in [7, 11) is 10.9. The van der Waals surface area contributed by atoms with Gasteiger partial charge in [-0.25, -0.2) is 5.01 Å². The lowest BCUT2D eigenvalue weighted by atomic mass is 9.11. The van der Waals surface area contributed by atoms with Crippen molar-refractivity contribution in [2.24, 2.45) is 5.84 Å². The molecule has 1 saturated heterocycles. The van der Waals surface area contributed by atoms with Crippen LogP contribution in [0.15, 0.2) is 0 Å². The van der Waals surface area contributed by atoms with Crippen molar-refractivity contribution in [2.45, 2.75) is 18.7 Å². The molecule has 1 aliphatic rings. The fraction of sp³-hybridized carbons (Fsp3) is 1.00. The molecule has 0 aromatic rings. The Labute approximate surface area is 72.3 Å². The van der Waals surface area contributed by atoms with Gasteiger partial charge in [-0.2, -0.15) is 0 Å². The zero-order valence-corrected chi connectivity index (χ0v) is 6.74. The zero-order valence-electron chi connectivity index (χ0n) is 6.74. The van der Waals surface area contributed by atoms with Gasteiger partial charge in [0, 0.05) is 34.9 Å². The van der Waals surface area contributed by atoms with Crippen LogP contribution in [0.2, 0.25) is 5.82 Å². The summed E-state index contributed by atoms with van der Waals surface area (Å²) in [6.07, 6.45) is 2.31. The third kappa shape index (κ3) is 3.39. The van der Waals surface area contributed by atoms with Gasteiger partial charge in [0.2, 0.25) is 0 Å². The van der Waals surface area contributed by atoms with Gasteiger partial charge in [0.05, 0.1) is 7.17 Å². The summed E-state index contributed by atoms with van der Waals surface area (Å²) in [6.45, 7) is 2.00. The third-order valence-electron chi connectivity index (χ3n) is 2.07. The fourth-order valence-corrected chi connectivity index (χ4v) is 1.33. The molecule has 0 aromatic carbocycles. The zero-order chi connectivity index (χ0) is 8.10. The quantitative estimate of drug-likeness (QED) is 0.395. The molecule has 2 nitrogen and oxygen atoms in total. The Morgan fingerprint density at radius 2 is 2.00 bits per heavy atom. The first kappa shape index (κ1) is 9.27. The maximum Gasteiger partial charge on any atom is 0.0588 e. The number of hydrazine groups is 1. The molecular formula is C5H11B4N2. The van der Waals surface area contributed by atoms with E-state index in [-0.39, 0.29) is 0 Å². The predicted octanol–water partition coefficient (Wildman–Crippen LogP) is -1.23. The van der Waals surface area contributed by atoms with E-state index in [1.165, 1.54) is 0 Å². The van der Waals surface area contributed by atoms with Crippen LogP contribution < -0.4 is 5.84 Å². The van der Waals surface area contributed by atoms with Crippen molar-refractivity contribution in [1.29, 1.82) is 0 Å². The summed E-state index contributed by atoms with van der Waals surface area (Å²) in [4.78, 5) is 0. The lowest BCUT2D eigenvalue weighted by Crippen LogP contribution is -2.39. The number of hydrogen-bond acceptors (Lipinski definition) is 2. The van der Waals surface area contributed by atoms with Crippen LogP contribution in [0.4, 0.5) is 0 Å². The average Bonchev–Trinajstić information content (AvgIpc) is 2.04. The van der Waals surface area contributed by atoms with E-state index in [9.17, 15) is 0 Å². The third-order valence-corrected chi connectivity index (χ3v) is 2.07. The maximum absolute atomic E-state index is 5.60. The van der Waals surface area contributed by atoms with Gasteiger partial charge in [0.25, 0.3) is 0 Å². The molecule has 1 rings (SSSR count). The van der Waals surface area contributed by atoms with E-state index in [2.05, 4.69) is 7.17 Å². The summed E-state index contributed by atoms with van der Waals surface area (Å²) < 4.78 is 0. The molecule has 6 heteroatoms. The van der Waals surface area contributed by atoms with Crippen LogP contribution in [-0.2, 0) is 0 Å². The topological polar surface area (TPSA) is 29.3 Å². The summed E-state index contributed by atoms with van der Waals surface area (Å²) in [5.41, 5.74) is 0. The Hall–Kier alpha value is 0.180. The summed E-state index contributed by atoms with van der Waals surface area (Å²) in [6, 6.07) is 0. The van der Waals surface area contributed by atoms with E-state index in [1.54, 1.807) is 7.06 Å². The average molecular weight is 142 g/mol. The van der Waals surface area contributed by atoms with Gasteiger partial charge in [0.1, 0.15) is 0 Å². The second-order valence-electron chi connectivity index (χ2n) is 2.95. The second-order valence-corrected chi connectivity index (χ2v) is 2.95. The maximum atomic E-state index is 5.60. The summed E-state index contributed by atoms with van der Waals surface area (Å²) in [5.74, 6) is 6.28. The molecule has 11 heavy (non-hydrogen) atoms. The SMILES string of the molecule is [B][B][B][B]C1CCN(N)CC1. The molecule has 0 amide bonds.